The number of fused-ring (bicyclic) bond motifs is 3. The Morgan fingerprint density at radius 1 is 1.04 bits per heavy atom. The normalized spacial score (nSPS) is 29.3. The van der Waals surface area contributed by atoms with Gasteiger partial charge in [-0.3, -0.25) is 9.59 Å². The van der Waals surface area contributed by atoms with Crippen molar-refractivity contribution in [3.05, 3.63) is 88.5 Å². The van der Waals surface area contributed by atoms with Crippen LogP contribution in [0.3, 0.4) is 0 Å². The lowest BCUT2D eigenvalue weighted by Crippen LogP contribution is -2.54. The number of esters is 1. The van der Waals surface area contributed by atoms with Gasteiger partial charge in [-0.15, -0.1) is 0 Å². The lowest BCUT2D eigenvalue weighted by Gasteiger charge is -2.31. The average molecular weight is 659 g/mol. The quantitative estimate of drug-likeness (QED) is 0.222. The Balaban J connectivity index is 1.12. The van der Waals surface area contributed by atoms with Crippen LogP contribution in [-0.4, -0.2) is 89.6 Å². The molecule has 2 amide bonds. The maximum Gasteiger partial charge on any atom is 0.339 e. The number of carbonyl (C=O) groups excluding carboxylic acids is 3. The molecule has 2 aromatic rings. The first-order chi connectivity index (χ1) is 23.2. The standard InChI is InChI=1S/C37H42N2O9/c1-21(41)32(35(43)38-14-15-40)39-34(42)26-17-30(33-31(18-26)47-37(48-33)19-24-7-2-3-8-25(24)20-37)46-36(44)27-9-5-4-6-23(27)12-10-22-11-13-28-29(16-22)45-28/h2-10,12,18,21-22,28-33,40-41H,11,13-17,19-20H2,1H3,(H,38,43)(H,39,42). The Morgan fingerprint density at radius 2 is 1.79 bits per heavy atom. The molecule has 8 unspecified atom stereocenters. The van der Waals surface area contributed by atoms with Crippen molar-refractivity contribution in [1.29, 1.82) is 0 Å². The third kappa shape index (κ3) is 6.83. The van der Waals surface area contributed by atoms with Gasteiger partial charge in [-0.25, -0.2) is 4.79 Å². The first kappa shape index (κ1) is 32.7. The number of nitrogens with one attached hydrogen (secondary N) is 2. The van der Waals surface area contributed by atoms with Crippen LogP contribution in [0.5, 0.6) is 0 Å². The van der Waals surface area contributed by atoms with E-state index in [0.29, 0.717) is 36.5 Å². The minimum absolute atomic E-state index is 0.0125. The second-order valence-electron chi connectivity index (χ2n) is 13.5. The van der Waals surface area contributed by atoms with Gasteiger partial charge in [0.05, 0.1) is 30.5 Å². The summed E-state index contributed by atoms with van der Waals surface area (Å²) in [4.78, 5) is 40.1. The van der Waals surface area contributed by atoms with Gasteiger partial charge in [0.2, 0.25) is 11.8 Å². The van der Waals surface area contributed by atoms with Crippen LogP contribution in [0, 0.1) is 5.92 Å². The van der Waals surface area contributed by atoms with Crippen LogP contribution >= 0.6 is 0 Å². The molecule has 2 aliphatic heterocycles. The van der Waals surface area contributed by atoms with E-state index in [0.717, 1.165) is 36.0 Å². The zero-order valence-corrected chi connectivity index (χ0v) is 26.9. The van der Waals surface area contributed by atoms with E-state index >= 15 is 0 Å². The van der Waals surface area contributed by atoms with Gasteiger partial charge in [-0.1, -0.05) is 54.6 Å². The van der Waals surface area contributed by atoms with Crippen molar-refractivity contribution in [1.82, 2.24) is 10.6 Å². The Labute approximate surface area is 279 Å². The first-order valence-corrected chi connectivity index (χ1v) is 16.9. The number of hydrogen-bond donors (Lipinski definition) is 4. The highest BCUT2D eigenvalue weighted by Gasteiger charge is 2.55. The van der Waals surface area contributed by atoms with Crippen molar-refractivity contribution in [3.8, 4) is 0 Å². The minimum Gasteiger partial charge on any atom is -0.456 e. The highest BCUT2D eigenvalue weighted by atomic mass is 16.8. The lowest BCUT2D eigenvalue weighted by molar-refractivity contribution is -0.172. The van der Waals surface area contributed by atoms with E-state index in [9.17, 15) is 19.5 Å². The second-order valence-corrected chi connectivity index (χ2v) is 13.5. The zero-order valence-electron chi connectivity index (χ0n) is 26.9. The number of ether oxygens (including phenoxy) is 4. The molecule has 48 heavy (non-hydrogen) atoms. The number of hydrogen-bond acceptors (Lipinski definition) is 9. The minimum atomic E-state index is -1.26. The van der Waals surface area contributed by atoms with Crippen molar-refractivity contribution in [2.75, 3.05) is 13.2 Å². The summed E-state index contributed by atoms with van der Waals surface area (Å²) in [5.74, 6) is -2.36. The molecule has 2 saturated heterocycles. The number of benzene rings is 2. The highest BCUT2D eigenvalue weighted by molar-refractivity contribution is 5.98. The Hall–Kier alpha value is -3.87. The molecule has 1 saturated carbocycles. The van der Waals surface area contributed by atoms with Crippen LogP contribution in [0.25, 0.3) is 6.08 Å². The summed E-state index contributed by atoms with van der Waals surface area (Å²) in [5.41, 5.74) is 3.61. The molecular formula is C37H42N2O9. The average Bonchev–Trinajstić information content (AvgIpc) is 3.64. The molecule has 2 heterocycles. The van der Waals surface area contributed by atoms with Gasteiger partial charge in [0, 0.05) is 31.4 Å². The van der Waals surface area contributed by atoms with Crippen molar-refractivity contribution < 1.29 is 43.5 Å². The van der Waals surface area contributed by atoms with Crippen LogP contribution in [0.4, 0.5) is 0 Å². The summed E-state index contributed by atoms with van der Waals surface area (Å²) in [6.07, 6.45) is 7.24. The molecule has 0 aromatic heterocycles. The van der Waals surface area contributed by atoms with E-state index in [4.69, 9.17) is 24.1 Å². The fraction of sp³-hybridized carbons (Fsp3) is 0.486. The van der Waals surface area contributed by atoms with Gasteiger partial charge in [-0.05, 0) is 60.9 Å². The second kappa shape index (κ2) is 13.6. The van der Waals surface area contributed by atoms with E-state index in [2.05, 4.69) is 16.7 Å². The summed E-state index contributed by atoms with van der Waals surface area (Å²) in [6.45, 7) is 1.09. The first-order valence-electron chi connectivity index (χ1n) is 16.9. The highest BCUT2D eigenvalue weighted by Crippen LogP contribution is 2.45. The number of epoxide rings is 1. The van der Waals surface area contributed by atoms with Gasteiger partial charge >= 0.3 is 5.97 Å². The SMILES string of the molecule is CC(O)C(NC(=O)C1=CC2OC3(Cc4ccccc4C3)OC2C(OC(=O)c2ccccc2C=CC2CCC3OC3C2)C1)C(=O)NCCO. The monoisotopic (exact) mass is 658 g/mol. The Morgan fingerprint density at radius 3 is 2.52 bits per heavy atom. The number of aliphatic hydroxyl groups is 2. The van der Waals surface area contributed by atoms with Crippen LogP contribution in [0.1, 0.15) is 59.7 Å². The molecule has 0 radical (unpaired) electrons. The number of amides is 2. The van der Waals surface area contributed by atoms with Crippen LogP contribution < -0.4 is 10.6 Å². The van der Waals surface area contributed by atoms with Gasteiger partial charge < -0.3 is 39.8 Å². The van der Waals surface area contributed by atoms with Crippen molar-refractivity contribution in [2.45, 2.75) is 93.9 Å². The molecule has 3 aliphatic carbocycles. The van der Waals surface area contributed by atoms with Gasteiger partial charge in [0.1, 0.15) is 24.4 Å². The van der Waals surface area contributed by atoms with Crippen molar-refractivity contribution in [3.63, 3.8) is 0 Å². The Bertz CT molecular complexity index is 1590. The molecule has 0 bridgehead atoms. The molecule has 11 heteroatoms. The maximum atomic E-state index is 13.9. The molecule has 1 spiro atoms. The summed E-state index contributed by atoms with van der Waals surface area (Å²) in [5, 5.41) is 24.5. The molecule has 2 aromatic carbocycles. The largest absolute Gasteiger partial charge is 0.456 e. The lowest BCUT2D eigenvalue weighted by atomic mass is 9.88. The van der Waals surface area contributed by atoms with Crippen LogP contribution in [0.2, 0.25) is 0 Å². The van der Waals surface area contributed by atoms with Crippen LogP contribution in [0.15, 0.2) is 66.3 Å². The molecule has 8 atom stereocenters. The van der Waals surface area contributed by atoms with Gasteiger partial charge in [-0.2, -0.15) is 0 Å². The molecule has 254 valence electrons. The zero-order chi connectivity index (χ0) is 33.4. The number of carbonyl (C=O) groups is 3. The molecule has 11 nitrogen and oxygen atoms in total. The Kier molecular flexibility index (Phi) is 9.23. The molecule has 5 aliphatic rings. The smallest absolute Gasteiger partial charge is 0.339 e. The molecule has 7 rings (SSSR count). The molecule has 3 fully saturated rings. The summed E-state index contributed by atoms with van der Waals surface area (Å²) < 4.78 is 25.0. The summed E-state index contributed by atoms with van der Waals surface area (Å²) in [7, 11) is 0. The molecule has 4 N–H and O–H groups in total. The van der Waals surface area contributed by atoms with Crippen molar-refractivity contribution in [2.24, 2.45) is 5.92 Å². The number of rotatable bonds is 10. The molecular weight excluding hydrogens is 616 g/mol. The van der Waals surface area contributed by atoms with E-state index in [1.54, 1.807) is 18.2 Å². The maximum absolute atomic E-state index is 13.9. The third-order valence-corrected chi connectivity index (χ3v) is 10.0. The number of aliphatic hydroxyl groups excluding tert-OH is 2. The topological polar surface area (TPSA) is 156 Å². The van der Waals surface area contributed by atoms with E-state index < -0.39 is 54.0 Å². The fourth-order valence-electron chi connectivity index (χ4n) is 7.47. The number of allylic oxidation sites excluding steroid dienone is 1. The predicted molar refractivity (Wildman–Crippen MR) is 173 cm³/mol. The fourth-order valence-corrected chi connectivity index (χ4v) is 7.47. The van der Waals surface area contributed by atoms with Gasteiger partial charge in [0.15, 0.2) is 5.79 Å². The van der Waals surface area contributed by atoms with E-state index in [1.165, 1.54) is 6.92 Å². The predicted octanol–water partition coefficient (Wildman–Crippen LogP) is 2.38. The van der Waals surface area contributed by atoms with Gasteiger partial charge in [0.25, 0.3) is 0 Å². The van der Waals surface area contributed by atoms with E-state index in [-0.39, 0.29) is 25.1 Å². The summed E-state index contributed by atoms with van der Waals surface area (Å²) in [6, 6.07) is 14.0. The van der Waals surface area contributed by atoms with E-state index in [1.807, 2.05) is 42.5 Å². The third-order valence-electron chi connectivity index (χ3n) is 10.0. The van der Waals surface area contributed by atoms with Crippen molar-refractivity contribution >= 4 is 23.9 Å². The summed E-state index contributed by atoms with van der Waals surface area (Å²) >= 11 is 0. The van der Waals surface area contributed by atoms with Crippen LogP contribution in [-0.2, 0) is 41.4 Å².